The molecule has 0 unspecified atom stereocenters. The molecule has 0 saturated heterocycles. The van der Waals surface area contributed by atoms with Crippen LogP contribution in [-0.2, 0) is 0 Å². The molecule has 3 aromatic heterocycles. The highest BCUT2D eigenvalue weighted by Gasteiger charge is 2.12. The Balaban J connectivity index is 1.55. The first-order valence-electron chi connectivity index (χ1n) is 8.92. The largest absolute Gasteiger partial charge is 0.494 e. The van der Waals surface area contributed by atoms with Crippen LogP contribution in [0, 0.1) is 0 Å². The van der Waals surface area contributed by atoms with E-state index in [1.807, 2.05) is 47.9 Å². The van der Waals surface area contributed by atoms with Gasteiger partial charge in [-0.3, -0.25) is 4.79 Å². The third kappa shape index (κ3) is 3.94. The van der Waals surface area contributed by atoms with Gasteiger partial charge in [-0.25, -0.2) is 0 Å². The van der Waals surface area contributed by atoms with Gasteiger partial charge in [0.1, 0.15) is 5.75 Å². The Morgan fingerprint density at radius 3 is 2.74 bits per heavy atom. The summed E-state index contributed by atoms with van der Waals surface area (Å²) in [6.07, 6.45) is 5.30. The van der Waals surface area contributed by atoms with Gasteiger partial charge in [0.15, 0.2) is 5.82 Å². The van der Waals surface area contributed by atoms with Crippen LogP contribution < -0.4 is 14.8 Å². The van der Waals surface area contributed by atoms with E-state index in [0.717, 1.165) is 29.2 Å². The fraction of sp³-hybridized carbons (Fsp3) is 0.250. The Kier molecular flexibility index (Phi) is 5.31. The Hall–Kier alpha value is -2.51. The highest BCUT2D eigenvalue weighted by Crippen LogP contribution is 2.21. The molecule has 0 radical (unpaired) electrons. The molecular weight excluding hydrogens is 378 g/mol. The predicted octanol–water partition coefficient (Wildman–Crippen LogP) is 4.00. The Bertz CT molecular complexity index is 1130. The summed E-state index contributed by atoms with van der Waals surface area (Å²) in [6.45, 7) is 2.91. The van der Waals surface area contributed by atoms with Crippen molar-refractivity contribution in [2.45, 2.75) is 26.2 Å². The number of unbranched alkanes of at least 4 members (excludes halogenated alkanes) is 2. The minimum atomic E-state index is -0.134. The zero-order valence-corrected chi connectivity index (χ0v) is 16.6. The molecule has 1 aromatic carbocycles. The molecule has 4 aromatic rings. The topological polar surface area (TPSA) is 56.5 Å². The molecule has 0 aliphatic carbocycles. The molecule has 0 saturated carbocycles. The first-order chi connectivity index (χ1) is 13.2. The van der Waals surface area contributed by atoms with Gasteiger partial charge in [-0.2, -0.15) is 9.50 Å². The number of thiazole rings is 1. The van der Waals surface area contributed by atoms with Crippen molar-refractivity contribution >= 4 is 33.7 Å². The van der Waals surface area contributed by atoms with Crippen molar-refractivity contribution in [1.29, 1.82) is 0 Å². The Labute approximate surface area is 164 Å². The molecule has 0 aliphatic rings. The molecule has 0 spiro atoms. The number of ether oxygens (including phenoxy) is 1. The maximum atomic E-state index is 12.6. The average molecular weight is 398 g/mol. The number of aromatic nitrogens is 3. The van der Waals surface area contributed by atoms with Crippen molar-refractivity contribution in [3.05, 3.63) is 62.2 Å². The number of nitrogens with zero attached hydrogens (tertiary/aromatic N) is 3. The lowest BCUT2D eigenvalue weighted by Crippen LogP contribution is -2.23. The molecule has 0 fully saturated rings. The Morgan fingerprint density at radius 1 is 1.19 bits per heavy atom. The molecule has 0 aliphatic heterocycles. The monoisotopic (exact) mass is 397 g/mol. The van der Waals surface area contributed by atoms with Gasteiger partial charge >= 0.3 is 0 Å². The van der Waals surface area contributed by atoms with Gasteiger partial charge in [0.05, 0.1) is 16.0 Å². The van der Waals surface area contributed by atoms with Crippen LogP contribution in [0.25, 0.3) is 21.7 Å². The molecule has 5 nitrogen and oxygen atoms in total. The van der Waals surface area contributed by atoms with Crippen LogP contribution in [0.3, 0.4) is 0 Å². The molecule has 0 bridgehead atoms. The summed E-state index contributed by atoms with van der Waals surface area (Å²) < 4.78 is 7.74. The van der Waals surface area contributed by atoms with E-state index >= 15 is 0 Å². The highest BCUT2D eigenvalue weighted by molar-refractivity contribution is 7.15. The van der Waals surface area contributed by atoms with Gasteiger partial charge in [-0.15, -0.1) is 16.4 Å². The molecule has 138 valence electrons. The molecule has 3 heterocycles. The second-order valence-corrected chi connectivity index (χ2v) is 8.10. The number of hydrogen-bond donors (Lipinski definition) is 0. The number of thiophene rings is 1. The van der Waals surface area contributed by atoms with Gasteiger partial charge in [0, 0.05) is 0 Å². The molecule has 4 rings (SSSR count). The van der Waals surface area contributed by atoms with Gasteiger partial charge in [0.25, 0.3) is 5.56 Å². The van der Waals surface area contributed by atoms with E-state index in [0.29, 0.717) is 15.3 Å². The smallest absolute Gasteiger partial charge is 0.291 e. The van der Waals surface area contributed by atoms with Crippen molar-refractivity contribution in [2.24, 2.45) is 0 Å². The quantitative estimate of drug-likeness (QED) is 0.442. The van der Waals surface area contributed by atoms with E-state index in [1.165, 1.54) is 28.7 Å². The molecule has 27 heavy (non-hydrogen) atoms. The fourth-order valence-electron chi connectivity index (χ4n) is 2.70. The predicted molar refractivity (Wildman–Crippen MR) is 111 cm³/mol. The zero-order chi connectivity index (χ0) is 18.6. The summed E-state index contributed by atoms with van der Waals surface area (Å²) in [5.74, 6) is 1.46. The van der Waals surface area contributed by atoms with Crippen LogP contribution >= 0.6 is 22.7 Å². The van der Waals surface area contributed by atoms with Crippen molar-refractivity contribution in [1.82, 2.24) is 14.6 Å². The molecule has 7 heteroatoms. The molecule has 0 N–H and O–H groups in total. The standard InChI is InChI=1S/C20H19N3O2S2/c1-2-3-4-11-25-15-9-7-14(8-10-15)13-17-19(24)23-20(27-17)21-18(22-23)16-6-5-12-26-16/h5-10,12-13H,2-4,11H2,1H3. The lowest BCUT2D eigenvalue weighted by Gasteiger charge is -2.05. The van der Waals surface area contributed by atoms with Crippen molar-refractivity contribution in [3.8, 4) is 16.5 Å². The lowest BCUT2D eigenvalue weighted by atomic mass is 10.2. The van der Waals surface area contributed by atoms with Gasteiger partial charge in [-0.05, 0) is 41.6 Å². The summed E-state index contributed by atoms with van der Waals surface area (Å²) in [6, 6.07) is 11.7. The molecular formula is C20H19N3O2S2. The van der Waals surface area contributed by atoms with Gasteiger partial charge in [0.2, 0.25) is 4.96 Å². The van der Waals surface area contributed by atoms with Crippen molar-refractivity contribution in [2.75, 3.05) is 6.61 Å². The number of fused-ring (bicyclic) bond motifs is 1. The fourth-order valence-corrected chi connectivity index (χ4v) is 4.26. The normalized spacial score (nSPS) is 12.1. The van der Waals surface area contributed by atoms with Crippen molar-refractivity contribution in [3.63, 3.8) is 0 Å². The summed E-state index contributed by atoms with van der Waals surface area (Å²) in [5.41, 5.74) is 0.821. The number of rotatable bonds is 7. The molecule has 0 amide bonds. The van der Waals surface area contributed by atoms with E-state index in [-0.39, 0.29) is 5.56 Å². The van der Waals surface area contributed by atoms with Crippen LogP contribution in [-0.4, -0.2) is 21.2 Å². The van der Waals surface area contributed by atoms with Crippen LogP contribution in [0.15, 0.2) is 46.6 Å². The number of hydrogen-bond acceptors (Lipinski definition) is 6. The maximum Gasteiger partial charge on any atom is 0.291 e. The van der Waals surface area contributed by atoms with Crippen LogP contribution in [0.2, 0.25) is 0 Å². The summed E-state index contributed by atoms with van der Waals surface area (Å²) in [5, 5.41) is 6.32. The summed E-state index contributed by atoms with van der Waals surface area (Å²) in [4.78, 5) is 18.7. The molecule has 0 atom stereocenters. The minimum absolute atomic E-state index is 0.134. The summed E-state index contributed by atoms with van der Waals surface area (Å²) in [7, 11) is 0. The van der Waals surface area contributed by atoms with Gasteiger partial charge < -0.3 is 4.74 Å². The van der Waals surface area contributed by atoms with E-state index in [9.17, 15) is 4.79 Å². The highest BCUT2D eigenvalue weighted by atomic mass is 32.1. The second-order valence-electron chi connectivity index (χ2n) is 6.15. The summed E-state index contributed by atoms with van der Waals surface area (Å²) >= 11 is 2.92. The first kappa shape index (κ1) is 17.9. The maximum absolute atomic E-state index is 12.6. The SMILES string of the molecule is CCCCCOc1ccc(C=c2sc3nc(-c4cccs4)nn3c2=O)cc1. The third-order valence-electron chi connectivity index (χ3n) is 4.12. The average Bonchev–Trinajstić information content (AvgIpc) is 3.39. The van der Waals surface area contributed by atoms with E-state index in [4.69, 9.17) is 4.74 Å². The minimum Gasteiger partial charge on any atom is -0.494 e. The van der Waals surface area contributed by atoms with E-state index in [1.54, 1.807) is 11.3 Å². The van der Waals surface area contributed by atoms with Gasteiger partial charge in [-0.1, -0.05) is 49.3 Å². The van der Waals surface area contributed by atoms with Crippen LogP contribution in [0.1, 0.15) is 31.7 Å². The third-order valence-corrected chi connectivity index (χ3v) is 5.94. The van der Waals surface area contributed by atoms with E-state index < -0.39 is 0 Å². The number of benzene rings is 1. The first-order valence-corrected chi connectivity index (χ1v) is 10.6. The van der Waals surface area contributed by atoms with E-state index in [2.05, 4.69) is 17.0 Å². The zero-order valence-electron chi connectivity index (χ0n) is 14.9. The van der Waals surface area contributed by atoms with Crippen LogP contribution in [0.4, 0.5) is 0 Å². The second kappa shape index (κ2) is 8.02. The Morgan fingerprint density at radius 2 is 2.04 bits per heavy atom. The lowest BCUT2D eigenvalue weighted by molar-refractivity contribution is 0.306. The van der Waals surface area contributed by atoms with Crippen molar-refractivity contribution < 1.29 is 4.74 Å². The van der Waals surface area contributed by atoms with Crippen LogP contribution in [0.5, 0.6) is 5.75 Å².